The van der Waals surface area contributed by atoms with Crippen molar-refractivity contribution in [3.63, 3.8) is 0 Å². The van der Waals surface area contributed by atoms with Crippen LogP contribution in [0.25, 0.3) is 0 Å². The first kappa shape index (κ1) is 16.7. The van der Waals surface area contributed by atoms with Crippen molar-refractivity contribution in [3.8, 4) is 11.6 Å². The summed E-state index contributed by atoms with van der Waals surface area (Å²) in [7, 11) is 0. The van der Waals surface area contributed by atoms with Crippen LogP contribution < -0.4 is 10.5 Å². The Balaban J connectivity index is 2.16. The Bertz CT molecular complexity index is 671. The number of guanidine groups is 1. The Labute approximate surface area is 135 Å². The monoisotopic (exact) mass is 316 g/mol. The molecule has 1 aromatic carbocycles. The predicted octanol–water partition coefficient (Wildman–Crippen LogP) is 3.17. The second kappa shape index (κ2) is 8.12. The molecule has 2 N–H and O–H groups in total. The van der Waals surface area contributed by atoms with Crippen LogP contribution in [0.2, 0.25) is 0 Å². The molecule has 0 saturated heterocycles. The average molecular weight is 316 g/mol. The molecular formula is C17H21FN4O. The van der Waals surface area contributed by atoms with E-state index in [-0.39, 0.29) is 5.82 Å². The normalized spacial score (nSPS) is 11.3. The first-order chi connectivity index (χ1) is 11.1. The van der Waals surface area contributed by atoms with Crippen molar-refractivity contribution in [1.29, 1.82) is 0 Å². The zero-order valence-electron chi connectivity index (χ0n) is 13.4. The van der Waals surface area contributed by atoms with E-state index in [2.05, 4.69) is 9.98 Å². The van der Waals surface area contributed by atoms with Gasteiger partial charge in [-0.15, -0.1) is 0 Å². The lowest BCUT2D eigenvalue weighted by Crippen LogP contribution is -2.37. The van der Waals surface area contributed by atoms with Gasteiger partial charge >= 0.3 is 0 Å². The minimum absolute atomic E-state index is 0.348. The van der Waals surface area contributed by atoms with Crippen LogP contribution in [0.3, 0.4) is 0 Å². The Morgan fingerprint density at radius 1 is 1.26 bits per heavy atom. The van der Waals surface area contributed by atoms with E-state index in [1.807, 2.05) is 24.8 Å². The second-order valence-corrected chi connectivity index (χ2v) is 4.87. The number of nitrogens with two attached hydrogens (primary N) is 1. The number of hydrogen-bond donors (Lipinski definition) is 1. The summed E-state index contributed by atoms with van der Waals surface area (Å²) in [6.07, 6.45) is 1.62. The summed E-state index contributed by atoms with van der Waals surface area (Å²) in [5.41, 5.74) is 6.76. The van der Waals surface area contributed by atoms with Gasteiger partial charge in [-0.3, -0.25) is 0 Å². The molecule has 2 rings (SSSR count). The van der Waals surface area contributed by atoms with Gasteiger partial charge in [-0.2, -0.15) is 0 Å². The molecule has 0 aliphatic rings. The third-order valence-electron chi connectivity index (χ3n) is 3.36. The first-order valence-electron chi connectivity index (χ1n) is 7.56. The molecule has 0 amide bonds. The van der Waals surface area contributed by atoms with Crippen LogP contribution in [-0.4, -0.2) is 28.9 Å². The van der Waals surface area contributed by atoms with E-state index in [0.29, 0.717) is 24.1 Å². The topological polar surface area (TPSA) is 63.7 Å². The highest BCUT2D eigenvalue weighted by molar-refractivity contribution is 5.78. The van der Waals surface area contributed by atoms with Gasteiger partial charge in [0.05, 0.1) is 6.54 Å². The number of aliphatic imine (C=N–C) groups is 1. The molecule has 0 aliphatic heterocycles. The molecule has 0 fully saturated rings. The van der Waals surface area contributed by atoms with Gasteiger partial charge in [0.15, 0.2) is 5.96 Å². The van der Waals surface area contributed by atoms with Gasteiger partial charge in [0.1, 0.15) is 11.6 Å². The van der Waals surface area contributed by atoms with Crippen LogP contribution in [0.1, 0.15) is 19.4 Å². The van der Waals surface area contributed by atoms with E-state index in [0.717, 1.165) is 18.7 Å². The van der Waals surface area contributed by atoms with Crippen LogP contribution in [0.4, 0.5) is 4.39 Å². The zero-order chi connectivity index (χ0) is 16.7. The van der Waals surface area contributed by atoms with Crippen LogP contribution in [0.15, 0.2) is 47.6 Å². The van der Waals surface area contributed by atoms with Crippen molar-refractivity contribution in [1.82, 2.24) is 9.88 Å². The lowest BCUT2D eigenvalue weighted by Gasteiger charge is -2.19. The van der Waals surface area contributed by atoms with E-state index in [9.17, 15) is 4.39 Å². The van der Waals surface area contributed by atoms with Gasteiger partial charge < -0.3 is 15.4 Å². The number of halogens is 1. The average Bonchev–Trinajstić information content (AvgIpc) is 2.55. The number of pyridine rings is 1. The maximum atomic E-state index is 13.2. The van der Waals surface area contributed by atoms with Gasteiger partial charge in [-0.25, -0.2) is 14.4 Å². The minimum atomic E-state index is -0.358. The number of aromatic nitrogens is 1. The van der Waals surface area contributed by atoms with Gasteiger partial charge in [0.25, 0.3) is 0 Å². The highest BCUT2D eigenvalue weighted by atomic mass is 19.1. The molecule has 6 heteroatoms. The molecule has 23 heavy (non-hydrogen) atoms. The van der Waals surface area contributed by atoms with Crippen LogP contribution in [-0.2, 0) is 6.54 Å². The summed E-state index contributed by atoms with van der Waals surface area (Å²) in [6, 6.07) is 9.60. The summed E-state index contributed by atoms with van der Waals surface area (Å²) in [5, 5.41) is 0. The summed E-state index contributed by atoms with van der Waals surface area (Å²) in [4.78, 5) is 10.5. The molecule has 0 unspecified atom stereocenters. The lowest BCUT2D eigenvalue weighted by molar-refractivity contribution is 0.449. The highest BCUT2D eigenvalue weighted by Gasteiger charge is 2.08. The first-order valence-corrected chi connectivity index (χ1v) is 7.56. The van der Waals surface area contributed by atoms with Crippen molar-refractivity contribution in [2.24, 2.45) is 10.7 Å². The number of nitrogens with zero attached hydrogens (tertiary/aromatic N) is 3. The van der Waals surface area contributed by atoms with E-state index in [1.54, 1.807) is 24.4 Å². The largest absolute Gasteiger partial charge is 0.439 e. The molecule has 0 atom stereocenters. The van der Waals surface area contributed by atoms with Crippen LogP contribution >= 0.6 is 0 Å². The Kier molecular flexibility index (Phi) is 5.91. The summed E-state index contributed by atoms with van der Waals surface area (Å²) in [5.74, 6) is 0.916. The third kappa shape index (κ3) is 4.67. The molecule has 1 aromatic heterocycles. The van der Waals surface area contributed by atoms with Gasteiger partial charge in [-0.1, -0.05) is 12.1 Å². The Morgan fingerprint density at radius 2 is 2.04 bits per heavy atom. The fraction of sp³-hybridized carbons (Fsp3) is 0.294. The number of hydrogen-bond acceptors (Lipinski definition) is 3. The Hall–Kier alpha value is -2.63. The highest BCUT2D eigenvalue weighted by Crippen LogP contribution is 2.23. The van der Waals surface area contributed by atoms with Gasteiger partial charge in [0.2, 0.25) is 5.88 Å². The molecular weight excluding hydrogens is 295 g/mol. The predicted molar refractivity (Wildman–Crippen MR) is 89.0 cm³/mol. The molecule has 5 nitrogen and oxygen atoms in total. The maximum absolute atomic E-state index is 13.2. The van der Waals surface area contributed by atoms with Gasteiger partial charge in [-0.05, 0) is 32.0 Å². The quantitative estimate of drug-likeness (QED) is 0.657. The lowest BCUT2D eigenvalue weighted by atomic mass is 10.2. The van der Waals surface area contributed by atoms with E-state index >= 15 is 0 Å². The summed E-state index contributed by atoms with van der Waals surface area (Å²) >= 11 is 0. The molecule has 0 spiro atoms. The fourth-order valence-corrected chi connectivity index (χ4v) is 2.09. The fourth-order valence-electron chi connectivity index (χ4n) is 2.09. The zero-order valence-corrected chi connectivity index (χ0v) is 13.4. The molecule has 0 aliphatic carbocycles. The smallest absolute Gasteiger partial charge is 0.224 e. The van der Waals surface area contributed by atoms with Crippen molar-refractivity contribution >= 4 is 5.96 Å². The summed E-state index contributed by atoms with van der Waals surface area (Å²) in [6.45, 7) is 5.99. The molecule has 0 saturated carbocycles. The molecule has 0 radical (unpaired) electrons. The number of rotatable bonds is 6. The minimum Gasteiger partial charge on any atom is -0.439 e. The molecule has 122 valence electrons. The van der Waals surface area contributed by atoms with Crippen molar-refractivity contribution in [3.05, 3.63) is 54.0 Å². The van der Waals surface area contributed by atoms with Crippen molar-refractivity contribution in [2.45, 2.75) is 20.4 Å². The maximum Gasteiger partial charge on any atom is 0.224 e. The number of ether oxygens (including phenoxy) is 1. The second-order valence-electron chi connectivity index (χ2n) is 4.87. The summed E-state index contributed by atoms with van der Waals surface area (Å²) < 4.78 is 18.9. The van der Waals surface area contributed by atoms with Crippen LogP contribution in [0.5, 0.6) is 11.6 Å². The van der Waals surface area contributed by atoms with E-state index in [1.165, 1.54) is 12.1 Å². The molecule has 2 aromatic rings. The SMILES string of the molecule is CCN(CC)C(N)=NCc1cccnc1Oc1cccc(F)c1. The third-order valence-corrected chi connectivity index (χ3v) is 3.36. The van der Waals surface area contributed by atoms with E-state index in [4.69, 9.17) is 10.5 Å². The molecule has 0 bridgehead atoms. The van der Waals surface area contributed by atoms with Crippen molar-refractivity contribution < 1.29 is 9.13 Å². The Morgan fingerprint density at radius 3 is 2.74 bits per heavy atom. The van der Waals surface area contributed by atoms with E-state index < -0.39 is 0 Å². The molecule has 1 heterocycles. The van der Waals surface area contributed by atoms with Crippen LogP contribution in [0, 0.1) is 5.82 Å². The number of benzene rings is 1. The standard InChI is InChI=1S/C17H21FN4O/c1-3-22(4-2)17(19)21-12-13-7-6-10-20-16(13)23-15-9-5-8-14(18)11-15/h5-11H,3-4,12H2,1-2H3,(H2,19,21). The van der Waals surface area contributed by atoms with Crippen molar-refractivity contribution in [2.75, 3.05) is 13.1 Å². The van der Waals surface area contributed by atoms with Gasteiger partial charge in [0, 0.05) is 30.9 Å².